The van der Waals surface area contributed by atoms with Crippen LogP contribution >= 0.6 is 0 Å². The molecule has 1 aromatic heterocycles. The molecule has 112 valence electrons. The maximum Gasteiger partial charge on any atom is 0.149 e. The first-order valence-electron chi connectivity index (χ1n) is 7.05. The minimum atomic E-state index is -0.361. The Balaban J connectivity index is 1.85. The van der Waals surface area contributed by atoms with Gasteiger partial charge in [-0.25, -0.2) is 8.78 Å². The van der Waals surface area contributed by atoms with Gasteiger partial charge in [0.25, 0.3) is 0 Å². The lowest BCUT2D eigenvalue weighted by Gasteiger charge is -2.16. The van der Waals surface area contributed by atoms with Gasteiger partial charge in [-0.3, -0.25) is 4.98 Å². The molecule has 0 radical (unpaired) electrons. The zero-order valence-corrected chi connectivity index (χ0v) is 12.1. The Kier molecular flexibility index (Phi) is 4.11. The van der Waals surface area contributed by atoms with Gasteiger partial charge in [0.05, 0.1) is 12.7 Å². The van der Waals surface area contributed by atoms with Crippen LogP contribution in [0.25, 0.3) is 10.9 Å². The van der Waals surface area contributed by atoms with E-state index in [4.69, 9.17) is 4.74 Å². The zero-order valence-electron chi connectivity index (χ0n) is 12.1. The second-order valence-electron chi connectivity index (χ2n) is 5.08. The van der Waals surface area contributed by atoms with Crippen molar-refractivity contribution in [3.05, 3.63) is 77.5 Å². The van der Waals surface area contributed by atoms with E-state index in [9.17, 15) is 8.78 Å². The summed E-state index contributed by atoms with van der Waals surface area (Å²) in [6, 6.07) is 13.1. The highest BCUT2D eigenvalue weighted by molar-refractivity contribution is 5.82. The smallest absolute Gasteiger partial charge is 0.149 e. The number of fused-ring (bicyclic) bond motifs is 1. The summed E-state index contributed by atoms with van der Waals surface area (Å²) in [4.78, 5) is 4.07. The second kappa shape index (κ2) is 6.20. The average Bonchev–Trinajstić information content (AvgIpc) is 2.54. The van der Waals surface area contributed by atoms with Crippen LogP contribution < -0.4 is 0 Å². The SMILES string of the molecule is CC(OCc1ccccc1F)c1ccnc2c(F)cccc12. The van der Waals surface area contributed by atoms with Crippen molar-refractivity contribution in [3.8, 4) is 0 Å². The predicted molar refractivity (Wildman–Crippen MR) is 81.3 cm³/mol. The molecule has 0 amide bonds. The number of pyridine rings is 1. The fourth-order valence-electron chi connectivity index (χ4n) is 2.44. The molecular formula is C18H15F2NO. The summed E-state index contributed by atoms with van der Waals surface area (Å²) in [5, 5.41) is 0.712. The van der Waals surface area contributed by atoms with Crippen molar-refractivity contribution in [2.24, 2.45) is 0 Å². The molecule has 4 heteroatoms. The second-order valence-corrected chi connectivity index (χ2v) is 5.08. The molecule has 0 saturated carbocycles. The van der Waals surface area contributed by atoms with Gasteiger partial charge in [0.1, 0.15) is 17.2 Å². The van der Waals surface area contributed by atoms with Gasteiger partial charge < -0.3 is 4.74 Å². The van der Waals surface area contributed by atoms with Crippen molar-refractivity contribution >= 4 is 10.9 Å². The Morgan fingerprint density at radius 2 is 1.77 bits per heavy atom. The Labute approximate surface area is 127 Å². The molecule has 0 aliphatic heterocycles. The molecule has 1 atom stereocenters. The normalized spacial score (nSPS) is 12.5. The lowest BCUT2D eigenvalue weighted by Crippen LogP contribution is -2.03. The molecule has 0 fully saturated rings. The van der Waals surface area contributed by atoms with Crippen LogP contribution in [0.5, 0.6) is 0 Å². The van der Waals surface area contributed by atoms with Crippen LogP contribution in [-0.4, -0.2) is 4.98 Å². The van der Waals surface area contributed by atoms with Crippen molar-refractivity contribution in [2.45, 2.75) is 19.6 Å². The Morgan fingerprint density at radius 1 is 1.00 bits per heavy atom. The molecule has 3 rings (SSSR count). The highest BCUT2D eigenvalue weighted by Crippen LogP contribution is 2.27. The highest BCUT2D eigenvalue weighted by Gasteiger charge is 2.13. The van der Waals surface area contributed by atoms with Crippen LogP contribution in [-0.2, 0) is 11.3 Å². The van der Waals surface area contributed by atoms with Crippen LogP contribution in [0.15, 0.2) is 54.7 Å². The summed E-state index contributed by atoms with van der Waals surface area (Å²) < 4.78 is 33.1. The Morgan fingerprint density at radius 3 is 2.59 bits per heavy atom. The van der Waals surface area contributed by atoms with Crippen LogP contribution in [0.1, 0.15) is 24.2 Å². The van der Waals surface area contributed by atoms with Gasteiger partial charge in [0.2, 0.25) is 0 Å². The van der Waals surface area contributed by atoms with Crippen LogP contribution in [0, 0.1) is 11.6 Å². The van der Waals surface area contributed by atoms with Gasteiger partial charge in [0.15, 0.2) is 0 Å². The minimum Gasteiger partial charge on any atom is -0.369 e. The molecule has 1 heterocycles. The number of halogens is 2. The number of para-hydroxylation sites is 1. The topological polar surface area (TPSA) is 22.1 Å². The van der Waals surface area contributed by atoms with Crippen LogP contribution in [0.4, 0.5) is 8.78 Å². The number of hydrogen-bond donors (Lipinski definition) is 0. The number of aromatic nitrogens is 1. The molecular weight excluding hydrogens is 284 g/mol. The number of hydrogen-bond acceptors (Lipinski definition) is 2. The number of ether oxygens (including phenoxy) is 1. The first kappa shape index (κ1) is 14.6. The summed E-state index contributed by atoms with van der Waals surface area (Å²) in [6.45, 7) is 2.02. The standard InChI is InChI=1S/C18H15F2NO/c1-12(22-11-13-5-2-3-7-16(13)19)14-9-10-21-18-15(14)6-4-8-17(18)20/h2-10,12H,11H2,1H3. The number of rotatable bonds is 4. The monoisotopic (exact) mass is 299 g/mol. The number of benzene rings is 2. The van der Waals surface area contributed by atoms with Crippen molar-refractivity contribution in [1.82, 2.24) is 4.98 Å². The van der Waals surface area contributed by atoms with Crippen molar-refractivity contribution in [3.63, 3.8) is 0 Å². The fourth-order valence-corrected chi connectivity index (χ4v) is 2.44. The predicted octanol–water partition coefficient (Wildman–Crippen LogP) is 4.79. The Bertz CT molecular complexity index is 804. The molecule has 0 spiro atoms. The van der Waals surface area contributed by atoms with E-state index in [1.54, 1.807) is 36.5 Å². The van der Waals surface area contributed by atoms with E-state index in [0.717, 1.165) is 5.56 Å². The third-order valence-corrected chi connectivity index (χ3v) is 3.64. The van der Waals surface area contributed by atoms with E-state index in [1.807, 2.05) is 13.0 Å². The summed E-state index contributed by atoms with van der Waals surface area (Å²) in [7, 11) is 0. The quantitative estimate of drug-likeness (QED) is 0.691. The summed E-state index contributed by atoms with van der Waals surface area (Å²) in [6.07, 6.45) is 1.26. The molecule has 0 saturated heterocycles. The van der Waals surface area contributed by atoms with Gasteiger partial charge in [-0.1, -0.05) is 30.3 Å². The van der Waals surface area contributed by atoms with E-state index in [0.29, 0.717) is 16.5 Å². The van der Waals surface area contributed by atoms with Crippen molar-refractivity contribution in [1.29, 1.82) is 0 Å². The molecule has 22 heavy (non-hydrogen) atoms. The minimum absolute atomic E-state index is 0.160. The summed E-state index contributed by atoms with van der Waals surface area (Å²) >= 11 is 0. The molecule has 2 aromatic carbocycles. The largest absolute Gasteiger partial charge is 0.369 e. The average molecular weight is 299 g/mol. The van der Waals surface area contributed by atoms with Gasteiger partial charge in [-0.15, -0.1) is 0 Å². The lowest BCUT2D eigenvalue weighted by atomic mass is 10.0. The fraction of sp³-hybridized carbons (Fsp3) is 0.167. The first-order chi connectivity index (χ1) is 10.7. The first-order valence-corrected chi connectivity index (χ1v) is 7.05. The molecule has 0 N–H and O–H groups in total. The summed E-state index contributed by atoms with van der Waals surface area (Å²) in [5.41, 5.74) is 1.65. The molecule has 3 aromatic rings. The number of nitrogens with zero attached hydrogens (tertiary/aromatic N) is 1. The molecule has 0 aliphatic rings. The van der Waals surface area contributed by atoms with E-state index in [-0.39, 0.29) is 24.3 Å². The molecule has 0 bridgehead atoms. The third-order valence-electron chi connectivity index (χ3n) is 3.64. The molecule has 1 unspecified atom stereocenters. The van der Waals surface area contributed by atoms with E-state index in [1.165, 1.54) is 12.1 Å². The third kappa shape index (κ3) is 2.83. The Hall–Kier alpha value is -2.33. The summed E-state index contributed by atoms with van der Waals surface area (Å²) in [5.74, 6) is -0.652. The van der Waals surface area contributed by atoms with E-state index >= 15 is 0 Å². The van der Waals surface area contributed by atoms with Gasteiger partial charge >= 0.3 is 0 Å². The van der Waals surface area contributed by atoms with Crippen LogP contribution in [0.3, 0.4) is 0 Å². The molecule has 2 nitrogen and oxygen atoms in total. The van der Waals surface area contributed by atoms with Gasteiger partial charge in [0, 0.05) is 17.1 Å². The maximum absolute atomic E-state index is 13.8. The maximum atomic E-state index is 13.8. The van der Waals surface area contributed by atoms with Crippen molar-refractivity contribution < 1.29 is 13.5 Å². The highest BCUT2D eigenvalue weighted by atomic mass is 19.1. The molecule has 0 aliphatic carbocycles. The van der Waals surface area contributed by atoms with E-state index < -0.39 is 0 Å². The van der Waals surface area contributed by atoms with E-state index in [2.05, 4.69) is 4.98 Å². The zero-order chi connectivity index (χ0) is 15.5. The lowest BCUT2D eigenvalue weighted by molar-refractivity contribution is 0.0517. The van der Waals surface area contributed by atoms with Gasteiger partial charge in [-0.05, 0) is 30.7 Å². The van der Waals surface area contributed by atoms with Gasteiger partial charge in [-0.2, -0.15) is 0 Å². The van der Waals surface area contributed by atoms with Crippen LogP contribution in [0.2, 0.25) is 0 Å². The van der Waals surface area contributed by atoms with Crippen molar-refractivity contribution in [2.75, 3.05) is 0 Å².